The van der Waals surface area contributed by atoms with E-state index in [1.165, 1.54) is 5.01 Å². The summed E-state index contributed by atoms with van der Waals surface area (Å²) in [5, 5.41) is 3.31. The molecule has 1 aliphatic heterocycles. The van der Waals surface area contributed by atoms with Crippen molar-refractivity contribution in [1.82, 2.24) is 14.8 Å². The van der Waals surface area contributed by atoms with E-state index < -0.39 is 0 Å². The maximum atomic E-state index is 5.82. The molecule has 1 atom stereocenters. The molecule has 3 nitrogen and oxygen atoms in total. The normalized spacial score (nSPS) is 20.6. The standard InChI is InChI=1S/C12H20ClN3S/c1-3-11(12-14-10(8-13)9-17-12)16-6-4-15(2)5-7-16/h9,11H,3-8H2,1-2H3. The van der Waals surface area contributed by atoms with Crippen molar-refractivity contribution in [3.8, 4) is 0 Å². The van der Waals surface area contributed by atoms with Gasteiger partial charge in [0.15, 0.2) is 0 Å². The van der Waals surface area contributed by atoms with Crippen LogP contribution in [0.3, 0.4) is 0 Å². The van der Waals surface area contributed by atoms with Gasteiger partial charge < -0.3 is 4.90 Å². The number of aromatic nitrogens is 1. The molecule has 5 heteroatoms. The van der Waals surface area contributed by atoms with Crippen LogP contribution in [-0.2, 0) is 5.88 Å². The Hall–Kier alpha value is -0.160. The van der Waals surface area contributed by atoms with Crippen LogP contribution in [0.1, 0.15) is 30.1 Å². The SMILES string of the molecule is CCC(c1nc(CCl)cs1)N1CCN(C)CC1. The summed E-state index contributed by atoms with van der Waals surface area (Å²) in [5.41, 5.74) is 1.01. The van der Waals surface area contributed by atoms with Crippen LogP contribution < -0.4 is 0 Å². The van der Waals surface area contributed by atoms with E-state index in [4.69, 9.17) is 11.6 Å². The van der Waals surface area contributed by atoms with Crippen LogP contribution >= 0.6 is 22.9 Å². The predicted molar refractivity (Wildman–Crippen MR) is 73.8 cm³/mol. The largest absolute Gasteiger partial charge is 0.304 e. The average molecular weight is 274 g/mol. The third kappa shape index (κ3) is 3.19. The van der Waals surface area contributed by atoms with Crippen molar-refractivity contribution in [3.63, 3.8) is 0 Å². The summed E-state index contributed by atoms with van der Waals surface area (Å²) in [6.07, 6.45) is 1.12. The van der Waals surface area contributed by atoms with E-state index in [-0.39, 0.29) is 0 Å². The van der Waals surface area contributed by atoms with Crippen molar-refractivity contribution >= 4 is 22.9 Å². The van der Waals surface area contributed by atoms with E-state index >= 15 is 0 Å². The number of hydrogen-bond acceptors (Lipinski definition) is 4. The second kappa shape index (κ2) is 6.14. The zero-order valence-corrected chi connectivity index (χ0v) is 12.1. The number of rotatable bonds is 4. The minimum atomic E-state index is 0.477. The Morgan fingerprint density at radius 2 is 2.12 bits per heavy atom. The Labute approximate surface area is 112 Å². The van der Waals surface area contributed by atoms with Crippen molar-refractivity contribution < 1.29 is 0 Å². The van der Waals surface area contributed by atoms with Crippen LogP contribution in [0.5, 0.6) is 0 Å². The molecule has 0 aromatic carbocycles. The number of nitrogens with zero attached hydrogens (tertiary/aromatic N) is 3. The number of hydrogen-bond donors (Lipinski definition) is 0. The summed E-state index contributed by atoms with van der Waals surface area (Å²) in [6, 6.07) is 0.477. The summed E-state index contributed by atoms with van der Waals surface area (Å²) in [4.78, 5) is 9.56. The smallest absolute Gasteiger partial charge is 0.110 e. The molecule has 0 saturated carbocycles. The first kappa shape index (κ1) is 13.3. The molecule has 0 N–H and O–H groups in total. The molecular weight excluding hydrogens is 254 g/mol. The molecule has 1 aliphatic rings. The maximum Gasteiger partial charge on any atom is 0.110 e. The predicted octanol–water partition coefficient (Wildman–Crippen LogP) is 2.58. The first-order chi connectivity index (χ1) is 8.24. The molecule has 2 rings (SSSR count). The van der Waals surface area contributed by atoms with Gasteiger partial charge in [-0.3, -0.25) is 4.90 Å². The molecule has 17 heavy (non-hydrogen) atoms. The Bertz CT molecular complexity index is 347. The number of alkyl halides is 1. The Morgan fingerprint density at radius 3 is 2.65 bits per heavy atom. The Kier molecular flexibility index (Phi) is 4.79. The third-order valence-corrected chi connectivity index (χ3v) is 4.63. The average Bonchev–Trinajstić information content (AvgIpc) is 2.81. The van der Waals surface area contributed by atoms with E-state index in [2.05, 4.69) is 34.1 Å². The number of thiazole rings is 1. The number of likely N-dealkylation sites (N-methyl/N-ethyl adjacent to an activating group) is 1. The van der Waals surface area contributed by atoms with E-state index in [1.54, 1.807) is 11.3 Å². The summed E-state index contributed by atoms with van der Waals surface area (Å²) in [6.45, 7) is 6.84. The molecule has 0 amide bonds. The van der Waals surface area contributed by atoms with Crippen LogP contribution in [-0.4, -0.2) is 48.0 Å². The fraction of sp³-hybridized carbons (Fsp3) is 0.750. The van der Waals surface area contributed by atoms with Gasteiger partial charge in [0, 0.05) is 31.6 Å². The molecular formula is C12H20ClN3S. The fourth-order valence-electron chi connectivity index (χ4n) is 2.26. The lowest BCUT2D eigenvalue weighted by Gasteiger charge is -2.36. The topological polar surface area (TPSA) is 19.4 Å². The lowest BCUT2D eigenvalue weighted by molar-refractivity contribution is 0.109. The van der Waals surface area contributed by atoms with Gasteiger partial charge in [-0.1, -0.05) is 6.92 Å². The second-order valence-corrected chi connectivity index (χ2v) is 5.73. The van der Waals surface area contributed by atoms with Crippen LogP contribution in [0, 0.1) is 0 Å². The van der Waals surface area contributed by atoms with E-state index in [0.29, 0.717) is 11.9 Å². The van der Waals surface area contributed by atoms with Gasteiger partial charge >= 0.3 is 0 Å². The van der Waals surface area contributed by atoms with Gasteiger partial charge in [-0.15, -0.1) is 22.9 Å². The highest BCUT2D eigenvalue weighted by Crippen LogP contribution is 2.28. The van der Waals surface area contributed by atoms with Crippen molar-refractivity contribution in [3.05, 3.63) is 16.1 Å². The zero-order valence-electron chi connectivity index (χ0n) is 10.5. The lowest BCUT2D eigenvalue weighted by Crippen LogP contribution is -2.45. The van der Waals surface area contributed by atoms with E-state index in [1.807, 2.05) is 0 Å². The van der Waals surface area contributed by atoms with Crippen molar-refractivity contribution in [1.29, 1.82) is 0 Å². The molecule has 1 fully saturated rings. The zero-order chi connectivity index (χ0) is 12.3. The highest BCUT2D eigenvalue weighted by Gasteiger charge is 2.24. The number of piperazine rings is 1. The first-order valence-corrected chi connectivity index (χ1v) is 7.59. The highest BCUT2D eigenvalue weighted by molar-refractivity contribution is 7.09. The molecule has 1 saturated heterocycles. The van der Waals surface area contributed by atoms with Crippen LogP contribution in [0.4, 0.5) is 0 Å². The van der Waals surface area contributed by atoms with Gasteiger partial charge in [0.2, 0.25) is 0 Å². The molecule has 0 bridgehead atoms. The van der Waals surface area contributed by atoms with Crippen LogP contribution in [0.15, 0.2) is 5.38 Å². The minimum absolute atomic E-state index is 0.477. The second-order valence-electron chi connectivity index (χ2n) is 4.57. The molecule has 1 aromatic rings. The van der Waals surface area contributed by atoms with E-state index in [0.717, 1.165) is 38.3 Å². The maximum absolute atomic E-state index is 5.82. The molecule has 0 aliphatic carbocycles. The molecule has 2 heterocycles. The monoisotopic (exact) mass is 273 g/mol. The van der Waals surface area contributed by atoms with E-state index in [9.17, 15) is 0 Å². The van der Waals surface area contributed by atoms with Gasteiger partial charge in [0.05, 0.1) is 17.6 Å². The summed E-state index contributed by atoms with van der Waals surface area (Å²) < 4.78 is 0. The van der Waals surface area contributed by atoms with Crippen LogP contribution in [0.2, 0.25) is 0 Å². The molecule has 0 radical (unpaired) electrons. The van der Waals surface area contributed by atoms with Crippen LogP contribution in [0.25, 0.3) is 0 Å². The van der Waals surface area contributed by atoms with Crippen molar-refractivity contribution in [2.45, 2.75) is 25.3 Å². The van der Waals surface area contributed by atoms with Gasteiger partial charge in [0.25, 0.3) is 0 Å². The third-order valence-electron chi connectivity index (χ3n) is 3.36. The summed E-state index contributed by atoms with van der Waals surface area (Å²) >= 11 is 7.57. The quantitative estimate of drug-likeness (QED) is 0.786. The summed E-state index contributed by atoms with van der Waals surface area (Å²) in [5.74, 6) is 0.523. The molecule has 96 valence electrons. The molecule has 1 aromatic heterocycles. The van der Waals surface area contributed by atoms with Crippen molar-refractivity contribution in [2.24, 2.45) is 0 Å². The van der Waals surface area contributed by atoms with Gasteiger partial charge in [-0.05, 0) is 13.5 Å². The van der Waals surface area contributed by atoms with Crippen molar-refractivity contribution in [2.75, 3.05) is 33.2 Å². The molecule has 0 spiro atoms. The Balaban J connectivity index is 2.05. The lowest BCUT2D eigenvalue weighted by atomic mass is 10.1. The van der Waals surface area contributed by atoms with Gasteiger partial charge in [0.1, 0.15) is 5.01 Å². The fourth-order valence-corrected chi connectivity index (χ4v) is 3.52. The highest BCUT2D eigenvalue weighted by atomic mass is 35.5. The van der Waals surface area contributed by atoms with Gasteiger partial charge in [-0.2, -0.15) is 0 Å². The first-order valence-electron chi connectivity index (χ1n) is 6.17. The number of halogens is 1. The summed E-state index contributed by atoms with van der Waals surface area (Å²) in [7, 11) is 2.19. The molecule has 1 unspecified atom stereocenters. The Morgan fingerprint density at radius 1 is 1.41 bits per heavy atom. The van der Waals surface area contributed by atoms with Gasteiger partial charge in [-0.25, -0.2) is 4.98 Å². The minimum Gasteiger partial charge on any atom is -0.304 e.